The number of ether oxygens (including phenoxy) is 2. The Labute approximate surface area is 165 Å². The predicted octanol–water partition coefficient (Wildman–Crippen LogP) is 3.55. The minimum atomic E-state index is -0.770. The van der Waals surface area contributed by atoms with E-state index in [2.05, 4.69) is 0 Å². The molecule has 0 amide bonds. The molecule has 7 heteroatoms. The first kappa shape index (κ1) is 18.4. The molecule has 1 N–H and O–H groups in total. The van der Waals surface area contributed by atoms with Crippen LogP contribution < -0.4 is 20.9 Å². The summed E-state index contributed by atoms with van der Waals surface area (Å²) in [7, 11) is 0. The van der Waals surface area contributed by atoms with Crippen molar-refractivity contribution in [2.24, 2.45) is 0 Å². The molecule has 0 atom stereocenters. The van der Waals surface area contributed by atoms with Gasteiger partial charge in [-0.2, -0.15) is 0 Å². The highest BCUT2D eigenvalue weighted by atomic mass is 16.5. The van der Waals surface area contributed by atoms with Crippen molar-refractivity contribution in [2.75, 3.05) is 0 Å². The number of aromatic amines is 1. The summed E-state index contributed by atoms with van der Waals surface area (Å²) in [6, 6.07) is 24.5. The second-order valence-electron chi connectivity index (χ2n) is 6.34. The van der Waals surface area contributed by atoms with Gasteiger partial charge in [0.05, 0.1) is 6.54 Å². The molecular weight excluding hydrogens is 372 g/mol. The highest BCUT2D eigenvalue weighted by Crippen LogP contribution is 2.22. The summed E-state index contributed by atoms with van der Waals surface area (Å²) in [5.41, 5.74) is 1.21. The Kier molecular flexibility index (Phi) is 5.29. The van der Waals surface area contributed by atoms with E-state index in [0.29, 0.717) is 12.4 Å². The predicted molar refractivity (Wildman–Crippen MR) is 106 cm³/mol. The van der Waals surface area contributed by atoms with Crippen molar-refractivity contribution in [1.82, 2.24) is 9.72 Å². The second kappa shape index (κ2) is 8.35. The molecule has 0 saturated carbocycles. The Balaban J connectivity index is 1.36. The third kappa shape index (κ3) is 4.84. The van der Waals surface area contributed by atoms with Crippen LogP contribution in [0.1, 0.15) is 11.1 Å². The molecule has 146 valence electrons. The highest BCUT2D eigenvalue weighted by molar-refractivity contribution is 5.34. The Morgan fingerprint density at radius 2 is 1.55 bits per heavy atom. The molecule has 4 rings (SSSR count). The Hall–Kier alpha value is -4.00. The molecular formula is C22H18N2O5. The quantitative estimate of drug-likeness (QED) is 0.522. The van der Waals surface area contributed by atoms with E-state index < -0.39 is 11.4 Å². The zero-order valence-electron chi connectivity index (χ0n) is 15.4. The smallest absolute Gasteiger partial charge is 0.440 e. The first-order valence-electron chi connectivity index (χ1n) is 9.00. The first-order valence-corrected chi connectivity index (χ1v) is 9.00. The van der Waals surface area contributed by atoms with Gasteiger partial charge < -0.3 is 14.0 Å². The molecule has 0 aliphatic carbocycles. The van der Waals surface area contributed by atoms with Crippen LogP contribution >= 0.6 is 0 Å². The zero-order valence-corrected chi connectivity index (χ0v) is 15.4. The average molecular weight is 390 g/mol. The first-order chi connectivity index (χ1) is 14.2. The van der Waals surface area contributed by atoms with Crippen LogP contribution in [0.3, 0.4) is 0 Å². The monoisotopic (exact) mass is 390 g/mol. The molecule has 1 aromatic heterocycles. The average Bonchev–Trinajstić information content (AvgIpc) is 3.05. The van der Waals surface area contributed by atoms with E-state index in [4.69, 9.17) is 14.0 Å². The fraction of sp³-hybridized carbons (Fsp3) is 0.0909. The fourth-order valence-electron chi connectivity index (χ4n) is 2.77. The summed E-state index contributed by atoms with van der Waals surface area (Å²) in [6.07, 6.45) is 0. The number of aromatic nitrogens is 2. The van der Waals surface area contributed by atoms with Crippen LogP contribution in [0.5, 0.6) is 17.2 Å². The van der Waals surface area contributed by atoms with Gasteiger partial charge in [-0.05, 0) is 47.5 Å². The molecule has 7 nitrogen and oxygen atoms in total. The van der Waals surface area contributed by atoms with E-state index in [1.54, 1.807) is 12.1 Å². The van der Waals surface area contributed by atoms with Crippen LogP contribution in [-0.4, -0.2) is 9.72 Å². The molecule has 3 aromatic carbocycles. The molecule has 4 aromatic rings. The molecule has 0 radical (unpaired) electrons. The topological polar surface area (TPSA) is 86.5 Å². The van der Waals surface area contributed by atoms with E-state index in [-0.39, 0.29) is 6.54 Å². The third-order valence-electron chi connectivity index (χ3n) is 4.16. The lowest BCUT2D eigenvalue weighted by Gasteiger charge is -2.10. The molecule has 0 aliphatic heterocycles. The van der Waals surface area contributed by atoms with Crippen molar-refractivity contribution >= 4 is 0 Å². The van der Waals surface area contributed by atoms with Crippen LogP contribution in [0.2, 0.25) is 0 Å². The summed E-state index contributed by atoms with van der Waals surface area (Å²) < 4.78 is 17.4. The molecule has 1 heterocycles. The third-order valence-corrected chi connectivity index (χ3v) is 4.16. The van der Waals surface area contributed by atoms with Crippen molar-refractivity contribution in [1.29, 1.82) is 0 Å². The highest BCUT2D eigenvalue weighted by Gasteiger charge is 2.05. The normalized spacial score (nSPS) is 10.6. The lowest BCUT2D eigenvalue weighted by atomic mass is 10.2. The Morgan fingerprint density at radius 1 is 0.793 bits per heavy atom. The van der Waals surface area contributed by atoms with Gasteiger partial charge in [0.25, 0.3) is 0 Å². The summed E-state index contributed by atoms with van der Waals surface area (Å²) in [5, 5.41) is 0. The maximum Gasteiger partial charge on any atom is 0.440 e. The second-order valence-corrected chi connectivity index (χ2v) is 6.34. The molecule has 0 aliphatic rings. The van der Waals surface area contributed by atoms with Gasteiger partial charge in [0, 0.05) is 0 Å². The maximum atomic E-state index is 11.5. The van der Waals surface area contributed by atoms with E-state index in [1.165, 1.54) is 0 Å². The summed E-state index contributed by atoms with van der Waals surface area (Å²) in [4.78, 5) is 24.6. The van der Waals surface area contributed by atoms with Crippen molar-refractivity contribution in [3.8, 4) is 17.2 Å². The lowest BCUT2D eigenvalue weighted by Crippen LogP contribution is -2.17. The van der Waals surface area contributed by atoms with E-state index in [1.807, 2.05) is 71.7 Å². The van der Waals surface area contributed by atoms with Gasteiger partial charge in [-0.15, -0.1) is 4.74 Å². The zero-order chi connectivity index (χ0) is 20.1. The van der Waals surface area contributed by atoms with Crippen molar-refractivity contribution in [3.05, 3.63) is 111 Å². The standard InChI is InChI=1S/C22H18N2O5/c25-21-23-22(26)29-24(21)14-16-9-11-18(12-10-16)27-15-17-5-4-8-20(13-17)28-19-6-2-1-3-7-19/h1-13H,14-15H2,(H,23,25,26). The summed E-state index contributed by atoms with van der Waals surface area (Å²) in [5.74, 6) is 1.43. The van der Waals surface area contributed by atoms with Crippen molar-refractivity contribution in [3.63, 3.8) is 0 Å². The number of hydrogen-bond donors (Lipinski definition) is 1. The van der Waals surface area contributed by atoms with Crippen LogP contribution in [0.15, 0.2) is 93.0 Å². The van der Waals surface area contributed by atoms with Gasteiger partial charge in [-0.25, -0.2) is 14.6 Å². The number of rotatable bonds is 7. The van der Waals surface area contributed by atoms with Crippen molar-refractivity contribution < 1.29 is 14.0 Å². The number of benzene rings is 3. The molecule has 0 bridgehead atoms. The van der Waals surface area contributed by atoms with Gasteiger partial charge >= 0.3 is 11.4 Å². The molecule has 0 unspecified atom stereocenters. The van der Waals surface area contributed by atoms with E-state index >= 15 is 0 Å². The largest absolute Gasteiger partial charge is 0.489 e. The van der Waals surface area contributed by atoms with Gasteiger partial charge in [0.15, 0.2) is 0 Å². The number of para-hydroxylation sites is 1. The van der Waals surface area contributed by atoms with Crippen molar-refractivity contribution in [2.45, 2.75) is 13.2 Å². The molecule has 0 fully saturated rings. The Morgan fingerprint density at radius 3 is 2.28 bits per heavy atom. The molecule has 0 saturated heterocycles. The maximum absolute atomic E-state index is 11.5. The summed E-state index contributed by atoms with van der Waals surface area (Å²) in [6.45, 7) is 0.550. The van der Waals surface area contributed by atoms with Crippen LogP contribution in [0, 0.1) is 0 Å². The lowest BCUT2D eigenvalue weighted by molar-refractivity contribution is 0.258. The minimum Gasteiger partial charge on any atom is -0.489 e. The SMILES string of the molecule is O=c1[nH]c(=O)n(Cc2ccc(OCc3cccc(Oc4ccccc4)c3)cc2)o1. The minimum absolute atomic E-state index is 0.163. The van der Waals surface area contributed by atoms with E-state index in [0.717, 1.165) is 27.4 Å². The van der Waals surface area contributed by atoms with Gasteiger partial charge in [-0.1, -0.05) is 42.5 Å². The Bertz CT molecular complexity index is 1190. The number of nitrogens with zero attached hydrogens (tertiary/aromatic N) is 1. The van der Waals surface area contributed by atoms with Crippen LogP contribution in [-0.2, 0) is 13.2 Å². The number of H-pyrrole nitrogens is 1. The molecule has 29 heavy (non-hydrogen) atoms. The van der Waals surface area contributed by atoms with Crippen LogP contribution in [0.4, 0.5) is 0 Å². The summed E-state index contributed by atoms with van der Waals surface area (Å²) >= 11 is 0. The van der Waals surface area contributed by atoms with Gasteiger partial charge in [0.1, 0.15) is 23.9 Å². The van der Waals surface area contributed by atoms with Gasteiger partial charge in [-0.3, -0.25) is 0 Å². The van der Waals surface area contributed by atoms with Gasteiger partial charge in [0.2, 0.25) is 0 Å². The molecule has 0 spiro atoms. The van der Waals surface area contributed by atoms with Crippen LogP contribution in [0.25, 0.3) is 0 Å². The number of nitrogens with one attached hydrogen (secondary N) is 1. The van der Waals surface area contributed by atoms with E-state index in [9.17, 15) is 9.59 Å². The fourth-order valence-corrected chi connectivity index (χ4v) is 2.77. The number of hydrogen-bond acceptors (Lipinski definition) is 5.